The summed E-state index contributed by atoms with van der Waals surface area (Å²) in [6.45, 7) is 1.43. The lowest BCUT2D eigenvalue weighted by Crippen LogP contribution is -1.99. The summed E-state index contributed by atoms with van der Waals surface area (Å²) in [5.41, 5.74) is 0.449. The molecule has 0 rings (SSSR count). The molecule has 0 spiro atoms. The largest absolute Gasteiger partial charge is 0.478 e. The van der Waals surface area contributed by atoms with Gasteiger partial charge in [-0.3, -0.25) is 0 Å². The first-order chi connectivity index (χ1) is 7.45. The van der Waals surface area contributed by atoms with Crippen LogP contribution in [0.5, 0.6) is 0 Å². The molecule has 88 valence electrons. The minimum Gasteiger partial charge on any atom is -0.478 e. The molecule has 16 heavy (non-hydrogen) atoms. The van der Waals surface area contributed by atoms with E-state index in [1.54, 1.807) is 0 Å². The summed E-state index contributed by atoms with van der Waals surface area (Å²) in [7, 11) is 1.22. The van der Waals surface area contributed by atoms with Gasteiger partial charge in [0.15, 0.2) is 0 Å². The van der Waals surface area contributed by atoms with Crippen molar-refractivity contribution in [2.45, 2.75) is 19.8 Å². The summed E-state index contributed by atoms with van der Waals surface area (Å²) in [5.74, 6) is -1.72. The number of hydrogen-bond acceptors (Lipinski definition) is 4. The van der Waals surface area contributed by atoms with Crippen LogP contribution in [0.1, 0.15) is 19.8 Å². The molecule has 0 aromatic carbocycles. The average molecular weight is 226 g/mol. The molecule has 0 aromatic heterocycles. The molecule has 0 heterocycles. The molecule has 0 bridgehead atoms. The number of carboxylic acid groups (broad SMARTS) is 1. The summed E-state index contributed by atoms with van der Waals surface area (Å²) in [4.78, 5) is 32.0. The zero-order valence-corrected chi connectivity index (χ0v) is 9.23. The highest BCUT2D eigenvalue weighted by Crippen LogP contribution is 2.08. The van der Waals surface area contributed by atoms with Crippen LogP contribution in [0.15, 0.2) is 23.8 Å². The molecule has 0 aliphatic rings. The number of carboxylic acids is 1. The van der Waals surface area contributed by atoms with E-state index in [2.05, 4.69) is 4.74 Å². The average Bonchev–Trinajstić information content (AvgIpc) is 2.21. The van der Waals surface area contributed by atoms with Crippen LogP contribution < -0.4 is 0 Å². The van der Waals surface area contributed by atoms with Gasteiger partial charge in [0.2, 0.25) is 0 Å². The highest BCUT2D eigenvalue weighted by Gasteiger charge is 2.02. The van der Waals surface area contributed by atoms with E-state index in [-0.39, 0.29) is 12.2 Å². The molecular formula is C11H14O5. The fourth-order valence-electron chi connectivity index (χ4n) is 0.913. The Bertz CT molecular complexity index is 338. The SMILES string of the molecule is COC(=O)/C=C(\C=C/C(=O)O)CCC(C)=O. The molecule has 0 amide bonds. The van der Waals surface area contributed by atoms with Crippen molar-refractivity contribution in [2.75, 3.05) is 7.11 Å². The number of carbonyl (C=O) groups excluding carboxylic acids is 2. The number of esters is 1. The Morgan fingerprint density at radius 3 is 2.25 bits per heavy atom. The number of carbonyl (C=O) groups is 3. The normalized spacial score (nSPS) is 11.5. The van der Waals surface area contributed by atoms with Gasteiger partial charge < -0.3 is 14.6 Å². The highest BCUT2D eigenvalue weighted by molar-refractivity contribution is 5.85. The third-order valence-corrected chi connectivity index (χ3v) is 1.71. The Balaban J connectivity index is 4.62. The molecule has 0 aliphatic carbocycles. The van der Waals surface area contributed by atoms with Crippen molar-refractivity contribution in [3.63, 3.8) is 0 Å². The predicted octanol–water partition coefficient (Wildman–Crippen LogP) is 1.10. The van der Waals surface area contributed by atoms with Gasteiger partial charge in [-0.05, 0) is 18.9 Å². The monoisotopic (exact) mass is 226 g/mol. The van der Waals surface area contributed by atoms with Crippen LogP contribution in [-0.4, -0.2) is 29.9 Å². The fraction of sp³-hybridized carbons (Fsp3) is 0.364. The number of ketones is 1. The number of allylic oxidation sites excluding steroid dienone is 2. The van der Waals surface area contributed by atoms with Crippen molar-refractivity contribution >= 4 is 17.7 Å². The van der Waals surface area contributed by atoms with Gasteiger partial charge in [0.1, 0.15) is 5.78 Å². The number of Topliss-reactive ketones (excluding diaryl/α,β-unsaturated/α-hetero) is 1. The predicted molar refractivity (Wildman–Crippen MR) is 56.8 cm³/mol. The van der Waals surface area contributed by atoms with Crippen LogP contribution in [0.25, 0.3) is 0 Å². The zero-order chi connectivity index (χ0) is 12.6. The van der Waals surface area contributed by atoms with Gasteiger partial charge in [-0.1, -0.05) is 6.08 Å². The molecule has 0 saturated carbocycles. The fourth-order valence-corrected chi connectivity index (χ4v) is 0.913. The number of aliphatic carboxylic acids is 1. The molecular weight excluding hydrogens is 212 g/mol. The Morgan fingerprint density at radius 1 is 1.19 bits per heavy atom. The van der Waals surface area contributed by atoms with Crippen molar-refractivity contribution in [3.8, 4) is 0 Å². The van der Waals surface area contributed by atoms with Gasteiger partial charge >= 0.3 is 11.9 Å². The molecule has 1 N–H and O–H groups in total. The lowest BCUT2D eigenvalue weighted by atomic mass is 10.1. The van der Waals surface area contributed by atoms with Gasteiger partial charge in [0.05, 0.1) is 7.11 Å². The first-order valence-electron chi connectivity index (χ1n) is 4.64. The number of hydrogen-bond donors (Lipinski definition) is 1. The standard InChI is InChI=1S/C11H14O5/c1-8(12)3-4-9(5-6-10(13)14)7-11(15)16-2/h5-7H,3-4H2,1-2H3,(H,13,14)/b6-5-,9-7-. The van der Waals surface area contributed by atoms with Gasteiger partial charge in [-0.25, -0.2) is 9.59 Å². The van der Waals surface area contributed by atoms with Crippen LogP contribution in [0, 0.1) is 0 Å². The van der Waals surface area contributed by atoms with Crippen molar-refractivity contribution in [2.24, 2.45) is 0 Å². The minimum atomic E-state index is -1.11. The molecule has 0 fully saturated rings. The van der Waals surface area contributed by atoms with Gasteiger partial charge in [-0.15, -0.1) is 0 Å². The topological polar surface area (TPSA) is 80.7 Å². The number of rotatable bonds is 6. The van der Waals surface area contributed by atoms with Gasteiger partial charge in [-0.2, -0.15) is 0 Å². The summed E-state index contributed by atoms with van der Waals surface area (Å²) < 4.78 is 4.41. The van der Waals surface area contributed by atoms with Crippen LogP contribution >= 0.6 is 0 Å². The second-order valence-electron chi connectivity index (χ2n) is 3.12. The van der Waals surface area contributed by atoms with Gasteiger partial charge in [0.25, 0.3) is 0 Å². The molecule has 0 unspecified atom stereocenters. The Morgan fingerprint density at radius 2 is 1.81 bits per heavy atom. The number of methoxy groups -OCH3 is 1. The van der Waals surface area contributed by atoms with Gasteiger partial charge in [0, 0.05) is 18.6 Å². The summed E-state index contributed by atoms with van der Waals surface area (Å²) >= 11 is 0. The first-order valence-corrected chi connectivity index (χ1v) is 4.64. The Hall–Kier alpha value is -1.91. The molecule has 0 aromatic rings. The van der Waals surface area contributed by atoms with E-state index in [9.17, 15) is 14.4 Å². The lowest BCUT2D eigenvalue weighted by Gasteiger charge is -1.99. The summed E-state index contributed by atoms with van der Waals surface area (Å²) in [6.07, 6.45) is 3.93. The summed E-state index contributed by atoms with van der Waals surface area (Å²) in [5, 5.41) is 8.43. The van der Waals surface area contributed by atoms with Crippen molar-refractivity contribution in [3.05, 3.63) is 23.8 Å². The quantitative estimate of drug-likeness (QED) is 0.416. The molecule has 0 saturated heterocycles. The second-order valence-corrected chi connectivity index (χ2v) is 3.12. The van der Waals surface area contributed by atoms with Crippen LogP contribution in [0.4, 0.5) is 0 Å². The van der Waals surface area contributed by atoms with E-state index in [0.717, 1.165) is 6.08 Å². The highest BCUT2D eigenvalue weighted by atomic mass is 16.5. The van der Waals surface area contributed by atoms with E-state index in [0.29, 0.717) is 12.0 Å². The van der Waals surface area contributed by atoms with Crippen LogP contribution in [0.2, 0.25) is 0 Å². The van der Waals surface area contributed by atoms with Crippen LogP contribution in [-0.2, 0) is 19.1 Å². The molecule has 0 aliphatic heterocycles. The van der Waals surface area contributed by atoms with E-state index < -0.39 is 11.9 Å². The maximum absolute atomic E-state index is 10.9. The summed E-state index contributed by atoms with van der Waals surface area (Å²) in [6, 6.07) is 0. The first kappa shape index (κ1) is 14.1. The lowest BCUT2D eigenvalue weighted by molar-refractivity contribution is -0.135. The minimum absolute atomic E-state index is 0.0282. The molecule has 5 heteroatoms. The zero-order valence-electron chi connectivity index (χ0n) is 9.23. The third kappa shape index (κ3) is 7.49. The maximum atomic E-state index is 10.9. The smallest absolute Gasteiger partial charge is 0.330 e. The Kier molecular flexibility index (Phi) is 6.51. The second kappa shape index (κ2) is 7.39. The van der Waals surface area contributed by atoms with E-state index in [1.807, 2.05) is 0 Å². The third-order valence-electron chi connectivity index (χ3n) is 1.71. The van der Waals surface area contributed by atoms with E-state index in [1.165, 1.54) is 26.2 Å². The van der Waals surface area contributed by atoms with Crippen LogP contribution in [0.3, 0.4) is 0 Å². The van der Waals surface area contributed by atoms with Crippen molar-refractivity contribution < 1.29 is 24.2 Å². The molecule has 0 atom stereocenters. The van der Waals surface area contributed by atoms with E-state index in [4.69, 9.17) is 5.11 Å². The number of ether oxygens (including phenoxy) is 1. The molecule has 0 radical (unpaired) electrons. The van der Waals surface area contributed by atoms with Crippen molar-refractivity contribution in [1.82, 2.24) is 0 Å². The maximum Gasteiger partial charge on any atom is 0.330 e. The van der Waals surface area contributed by atoms with E-state index >= 15 is 0 Å². The van der Waals surface area contributed by atoms with Crippen molar-refractivity contribution in [1.29, 1.82) is 0 Å². The molecule has 5 nitrogen and oxygen atoms in total. The Labute approximate surface area is 93.4 Å².